The van der Waals surface area contributed by atoms with Crippen LogP contribution in [0.15, 0.2) is 12.1 Å². The van der Waals surface area contributed by atoms with E-state index in [1.807, 2.05) is 0 Å². The number of benzene rings is 1. The van der Waals surface area contributed by atoms with Gasteiger partial charge in [0, 0.05) is 7.05 Å². The molecule has 0 saturated heterocycles. The van der Waals surface area contributed by atoms with Crippen molar-refractivity contribution in [1.82, 2.24) is 5.32 Å². The van der Waals surface area contributed by atoms with Crippen LogP contribution in [0.2, 0.25) is 10.0 Å². The molecule has 0 spiro atoms. The lowest BCUT2D eigenvalue weighted by molar-refractivity contribution is 0.203. The van der Waals surface area contributed by atoms with Gasteiger partial charge in [-0.1, -0.05) is 23.2 Å². The first-order valence-electron chi connectivity index (χ1n) is 3.69. The highest BCUT2D eigenvalue weighted by atomic mass is 35.5. The minimum absolute atomic E-state index is 0.121. The number of carbonyl (C=O) groups is 1. The summed E-state index contributed by atoms with van der Waals surface area (Å²) in [5.41, 5.74) is 5.81. The molecule has 1 aromatic carbocycles. The molecule has 76 valence electrons. The van der Waals surface area contributed by atoms with Crippen LogP contribution in [0.4, 0.5) is 10.5 Å². The molecule has 0 aliphatic carbocycles. The Labute approximate surface area is 90.9 Å². The van der Waals surface area contributed by atoms with Crippen LogP contribution in [-0.4, -0.2) is 13.1 Å². The lowest BCUT2D eigenvalue weighted by Gasteiger charge is -2.07. The molecule has 0 atom stereocenters. The van der Waals surface area contributed by atoms with Crippen LogP contribution < -0.4 is 15.8 Å². The number of hydrogen-bond donors (Lipinski definition) is 2. The van der Waals surface area contributed by atoms with Gasteiger partial charge in [0.1, 0.15) is 5.02 Å². The van der Waals surface area contributed by atoms with Crippen molar-refractivity contribution in [1.29, 1.82) is 0 Å². The number of nitrogens with one attached hydrogen (secondary N) is 1. The smallest absolute Gasteiger partial charge is 0.409 e. The van der Waals surface area contributed by atoms with Crippen LogP contribution in [0.5, 0.6) is 5.75 Å². The van der Waals surface area contributed by atoms with E-state index in [4.69, 9.17) is 33.7 Å². The first-order chi connectivity index (χ1) is 6.56. The monoisotopic (exact) mass is 234 g/mol. The van der Waals surface area contributed by atoms with Crippen LogP contribution in [-0.2, 0) is 0 Å². The van der Waals surface area contributed by atoms with Crippen molar-refractivity contribution in [2.75, 3.05) is 12.8 Å². The quantitative estimate of drug-likeness (QED) is 0.734. The van der Waals surface area contributed by atoms with E-state index in [2.05, 4.69) is 5.32 Å². The van der Waals surface area contributed by atoms with E-state index in [0.717, 1.165) is 0 Å². The van der Waals surface area contributed by atoms with E-state index in [0.29, 0.717) is 5.69 Å². The maximum absolute atomic E-state index is 10.9. The van der Waals surface area contributed by atoms with Crippen molar-refractivity contribution in [3.05, 3.63) is 22.2 Å². The van der Waals surface area contributed by atoms with Gasteiger partial charge >= 0.3 is 6.09 Å². The number of anilines is 1. The van der Waals surface area contributed by atoms with Gasteiger partial charge in [-0.2, -0.15) is 0 Å². The van der Waals surface area contributed by atoms with Crippen molar-refractivity contribution in [3.8, 4) is 5.75 Å². The summed E-state index contributed by atoms with van der Waals surface area (Å²) in [6.07, 6.45) is -0.618. The van der Waals surface area contributed by atoms with Crippen LogP contribution in [0.25, 0.3) is 0 Å². The zero-order chi connectivity index (χ0) is 10.7. The topological polar surface area (TPSA) is 64.3 Å². The third-order valence-corrected chi connectivity index (χ3v) is 2.36. The maximum Gasteiger partial charge on any atom is 0.412 e. The van der Waals surface area contributed by atoms with Crippen molar-refractivity contribution in [3.63, 3.8) is 0 Å². The van der Waals surface area contributed by atoms with Gasteiger partial charge in [-0.25, -0.2) is 4.79 Å². The zero-order valence-electron chi connectivity index (χ0n) is 7.30. The Morgan fingerprint density at radius 3 is 2.64 bits per heavy atom. The van der Waals surface area contributed by atoms with Crippen molar-refractivity contribution in [2.45, 2.75) is 0 Å². The van der Waals surface area contributed by atoms with Crippen LogP contribution in [0, 0.1) is 0 Å². The molecule has 4 nitrogen and oxygen atoms in total. The van der Waals surface area contributed by atoms with E-state index in [1.165, 1.54) is 19.2 Å². The zero-order valence-corrected chi connectivity index (χ0v) is 8.82. The second kappa shape index (κ2) is 4.39. The minimum atomic E-state index is -0.618. The maximum atomic E-state index is 10.9. The first kappa shape index (κ1) is 10.9. The molecule has 0 saturated carbocycles. The summed E-state index contributed by atoms with van der Waals surface area (Å²) in [7, 11) is 1.44. The molecule has 3 N–H and O–H groups in total. The van der Waals surface area contributed by atoms with E-state index >= 15 is 0 Å². The number of rotatable bonds is 1. The van der Waals surface area contributed by atoms with Gasteiger partial charge in [0.15, 0.2) is 5.75 Å². The van der Waals surface area contributed by atoms with Gasteiger partial charge in [0.05, 0.1) is 10.7 Å². The molecule has 0 aliphatic heterocycles. The predicted octanol–water partition coefficient (Wildman–Crippen LogP) is 2.29. The minimum Gasteiger partial charge on any atom is -0.409 e. The normalized spacial score (nSPS) is 9.64. The largest absolute Gasteiger partial charge is 0.412 e. The molecular weight excluding hydrogens is 227 g/mol. The summed E-state index contributed by atoms with van der Waals surface area (Å²) in [6, 6.07) is 2.98. The van der Waals surface area contributed by atoms with Gasteiger partial charge in [-0.3, -0.25) is 0 Å². The Kier molecular flexibility index (Phi) is 3.43. The Balaban J connectivity index is 3.00. The average molecular weight is 235 g/mol. The second-order valence-corrected chi connectivity index (χ2v) is 3.18. The van der Waals surface area contributed by atoms with E-state index < -0.39 is 6.09 Å². The molecular formula is C8H8Cl2N2O2. The van der Waals surface area contributed by atoms with Gasteiger partial charge in [0.2, 0.25) is 0 Å². The van der Waals surface area contributed by atoms with Crippen LogP contribution >= 0.6 is 23.2 Å². The van der Waals surface area contributed by atoms with Crippen LogP contribution in [0.1, 0.15) is 0 Å². The molecule has 1 rings (SSSR count). The van der Waals surface area contributed by atoms with Gasteiger partial charge < -0.3 is 15.8 Å². The van der Waals surface area contributed by atoms with Crippen LogP contribution in [0.3, 0.4) is 0 Å². The van der Waals surface area contributed by atoms with E-state index in [9.17, 15) is 4.79 Å². The average Bonchev–Trinajstić information content (AvgIpc) is 2.19. The third kappa shape index (κ3) is 2.21. The lowest BCUT2D eigenvalue weighted by Crippen LogP contribution is -2.22. The fourth-order valence-corrected chi connectivity index (χ4v) is 1.14. The van der Waals surface area contributed by atoms with Crippen molar-refractivity contribution < 1.29 is 9.53 Å². The van der Waals surface area contributed by atoms with Crippen molar-refractivity contribution >= 4 is 35.0 Å². The molecule has 0 fully saturated rings. The van der Waals surface area contributed by atoms with E-state index in [1.54, 1.807) is 0 Å². The third-order valence-electron chi connectivity index (χ3n) is 1.48. The standard InChI is InChI=1S/C8H8Cl2N2O2/c1-12-8(13)14-5-3-2-4(11)6(9)7(5)10/h2-3H,11H2,1H3,(H,12,13). The molecule has 6 heteroatoms. The Morgan fingerprint density at radius 2 is 2.07 bits per heavy atom. The van der Waals surface area contributed by atoms with Crippen molar-refractivity contribution in [2.24, 2.45) is 0 Å². The van der Waals surface area contributed by atoms with E-state index in [-0.39, 0.29) is 15.8 Å². The fraction of sp³-hybridized carbons (Fsp3) is 0.125. The number of hydrogen-bond acceptors (Lipinski definition) is 3. The molecule has 0 heterocycles. The first-order valence-corrected chi connectivity index (χ1v) is 4.45. The Bertz CT molecular complexity index is 369. The summed E-state index contributed by atoms with van der Waals surface area (Å²) in [6.45, 7) is 0. The lowest BCUT2D eigenvalue weighted by atomic mass is 10.3. The van der Waals surface area contributed by atoms with Gasteiger partial charge in [-0.15, -0.1) is 0 Å². The predicted molar refractivity (Wildman–Crippen MR) is 56.0 cm³/mol. The molecule has 0 aliphatic rings. The number of carbonyl (C=O) groups excluding carboxylic acids is 1. The highest BCUT2D eigenvalue weighted by molar-refractivity contribution is 6.44. The molecule has 0 bridgehead atoms. The van der Waals surface area contributed by atoms with Gasteiger partial charge in [-0.05, 0) is 12.1 Å². The summed E-state index contributed by atoms with van der Waals surface area (Å²) in [5.74, 6) is 0.171. The second-order valence-electron chi connectivity index (χ2n) is 2.42. The number of nitrogens with two attached hydrogens (primary N) is 1. The SMILES string of the molecule is CNC(=O)Oc1ccc(N)c(Cl)c1Cl. The molecule has 0 radical (unpaired) electrons. The Morgan fingerprint density at radius 1 is 1.43 bits per heavy atom. The highest BCUT2D eigenvalue weighted by Crippen LogP contribution is 2.35. The summed E-state index contributed by atoms with van der Waals surface area (Å²) >= 11 is 11.5. The summed E-state index contributed by atoms with van der Waals surface area (Å²) in [5, 5.41) is 2.58. The highest BCUT2D eigenvalue weighted by Gasteiger charge is 2.11. The molecule has 1 aromatic rings. The number of halogens is 2. The number of amides is 1. The molecule has 0 aromatic heterocycles. The Hall–Kier alpha value is -1.13. The number of nitrogen functional groups attached to an aromatic ring is 1. The summed E-state index contributed by atoms with van der Waals surface area (Å²) < 4.78 is 4.81. The molecule has 0 unspecified atom stereocenters. The summed E-state index contributed by atoms with van der Waals surface area (Å²) in [4.78, 5) is 10.9. The number of ether oxygens (including phenoxy) is 1. The van der Waals surface area contributed by atoms with Gasteiger partial charge in [0.25, 0.3) is 0 Å². The molecule has 1 amide bonds. The fourth-order valence-electron chi connectivity index (χ4n) is 0.776. The molecule has 14 heavy (non-hydrogen) atoms.